The van der Waals surface area contributed by atoms with Crippen LogP contribution in [0.1, 0.15) is 42.3 Å². The van der Waals surface area contributed by atoms with Gasteiger partial charge in [-0.3, -0.25) is 4.79 Å². The number of carbonyl (C=O) groups is 1. The summed E-state index contributed by atoms with van der Waals surface area (Å²) in [5.41, 5.74) is -0.234. The quantitative estimate of drug-likeness (QED) is 0.862. The summed E-state index contributed by atoms with van der Waals surface area (Å²) in [5.74, 6) is 1.90. The van der Waals surface area contributed by atoms with E-state index in [1.807, 2.05) is 5.38 Å². The number of rotatable bonds is 4. The summed E-state index contributed by atoms with van der Waals surface area (Å²) in [5, 5.41) is 4.98. The van der Waals surface area contributed by atoms with Crippen LogP contribution < -0.4 is 10.1 Å². The monoisotopic (exact) mass is 301 g/mol. The number of hydrogen-bond donors (Lipinski definition) is 1. The van der Waals surface area contributed by atoms with Crippen LogP contribution in [-0.2, 0) is 0 Å². The minimum absolute atomic E-state index is 0.0384. The molecule has 0 aliphatic heterocycles. The van der Waals surface area contributed by atoms with Crippen LogP contribution in [0.5, 0.6) is 5.75 Å². The van der Waals surface area contributed by atoms with E-state index in [1.165, 1.54) is 11.3 Å². The Morgan fingerprint density at radius 2 is 2.26 bits per heavy atom. The van der Waals surface area contributed by atoms with Gasteiger partial charge < -0.3 is 10.1 Å². The number of ether oxygens (including phenoxy) is 1. The van der Waals surface area contributed by atoms with Crippen molar-refractivity contribution in [2.24, 2.45) is 5.92 Å². The number of hydrogen-bond acceptors (Lipinski definition) is 3. The highest BCUT2D eigenvalue weighted by atomic mass is 35.5. The summed E-state index contributed by atoms with van der Waals surface area (Å²) in [7, 11) is 1.60. The molecule has 1 aromatic heterocycles. The van der Waals surface area contributed by atoms with Crippen molar-refractivity contribution in [3.8, 4) is 5.75 Å². The fraction of sp³-hybridized carbons (Fsp3) is 0.643. The molecule has 0 saturated heterocycles. The van der Waals surface area contributed by atoms with Crippen LogP contribution in [0.4, 0.5) is 0 Å². The minimum atomic E-state index is -0.234. The number of nitrogens with one attached hydrogen (secondary N) is 1. The molecule has 1 aliphatic carbocycles. The molecular weight excluding hydrogens is 282 g/mol. The van der Waals surface area contributed by atoms with Crippen molar-refractivity contribution >= 4 is 28.8 Å². The Morgan fingerprint density at radius 1 is 1.58 bits per heavy atom. The molecule has 5 heteroatoms. The molecule has 3 nitrogen and oxygen atoms in total. The molecule has 1 aromatic rings. The van der Waals surface area contributed by atoms with Gasteiger partial charge >= 0.3 is 0 Å². The molecule has 0 unspecified atom stereocenters. The highest BCUT2D eigenvalue weighted by molar-refractivity contribution is 7.12. The molecule has 19 heavy (non-hydrogen) atoms. The van der Waals surface area contributed by atoms with Gasteiger partial charge in [0.1, 0.15) is 5.75 Å². The Kier molecular flexibility index (Phi) is 4.74. The smallest absolute Gasteiger partial charge is 0.261 e. The van der Waals surface area contributed by atoms with Crippen molar-refractivity contribution in [1.82, 2.24) is 5.32 Å². The number of halogens is 1. The molecular formula is C14H20ClNO2S. The molecule has 0 atom stereocenters. The second-order valence-electron chi connectivity index (χ2n) is 5.40. The lowest BCUT2D eigenvalue weighted by Gasteiger charge is -2.38. The Labute approximate surface area is 123 Å². The van der Waals surface area contributed by atoms with E-state index in [2.05, 4.69) is 12.2 Å². The maximum Gasteiger partial charge on any atom is 0.261 e. The first-order valence-electron chi connectivity index (χ1n) is 6.59. The molecule has 0 radical (unpaired) electrons. The fourth-order valence-corrected chi connectivity index (χ4v) is 3.54. The van der Waals surface area contributed by atoms with Crippen molar-refractivity contribution in [1.29, 1.82) is 0 Å². The topological polar surface area (TPSA) is 38.3 Å². The van der Waals surface area contributed by atoms with Crippen LogP contribution in [-0.4, -0.2) is 24.4 Å². The van der Waals surface area contributed by atoms with Gasteiger partial charge in [-0.2, -0.15) is 0 Å². The van der Waals surface area contributed by atoms with E-state index in [0.29, 0.717) is 10.8 Å². The maximum atomic E-state index is 12.3. The SMILES string of the molecule is COc1csc(C(=O)NC2(CCl)CCC(C)CC2)c1. The normalized spacial score (nSPS) is 27.0. The van der Waals surface area contributed by atoms with Crippen molar-refractivity contribution in [3.05, 3.63) is 16.3 Å². The molecule has 1 saturated carbocycles. The van der Waals surface area contributed by atoms with Gasteiger partial charge in [0.25, 0.3) is 5.91 Å². The van der Waals surface area contributed by atoms with E-state index >= 15 is 0 Å². The van der Waals surface area contributed by atoms with Crippen LogP contribution in [0.15, 0.2) is 11.4 Å². The van der Waals surface area contributed by atoms with Crippen molar-refractivity contribution < 1.29 is 9.53 Å². The molecule has 1 N–H and O–H groups in total. The Bertz CT molecular complexity index is 438. The average molecular weight is 302 g/mol. The molecule has 1 aliphatic rings. The standard InChI is InChI=1S/C14H20ClNO2S/c1-10-3-5-14(9-15,6-4-10)16-13(17)12-7-11(18-2)8-19-12/h7-8,10H,3-6,9H2,1-2H3,(H,16,17). The van der Waals surface area contributed by atoms with E-state index in [-0.39, 0.29) is 11.4 Å². The lowest BCUT2D eigenvalue weighted by molar-refractivity contribution is 0.0876. The zero-order valence-electron chi connectivity index (χ0n) is 11.4. The summed E-state index contributed by atoms with van der Waals surface area (Å²) in [4.78, 5) is 13.0. The molecule has 0 bridgehead atoms. The lowest BCUT2D eigenvalue weighted by atomic mass is 9.78. The zero-order valence-corrected chi connectivity index (χ0v) is 12.9. The van der Waals surface area contributed by atoms with Gasteiger partial charge in [0.05, 0.1) is 17.5 Å². The van der Waals surface area contributed by atoms with Crippen molar-refractivity contribution in [2.75, 3.05) is 13.0 Å². The molecule has 2 rings (SSSR count). The largest absolute Gasteiger partial charge is 0.496 e. The predicted molar refractivity (Wildman–Crippen MR) is 79.4 cm³/mol. The van der Waals surface area contributed by atoms with Crippen molar-refractivity contribution in [3.63, 3.8) is 0 Å². The van der Waals surface area contributed by atoms with Gasteiger partial charge in [-0.15, -0.1) is 22.9 Å². The summed E-state index contributed by atoms with van der Waals surface area (Å²) in [6, 6.07) is 1.77. The zero-order chi connectivity index (χ0) is 13.9. The second-order valence-corrected chi connectivity index (χ2v) is 6.58. The summed E-state index contributed by atoms with van der Waals surface area (Å²) in [6.45, 7) is 2.25. The number of thiophene rings is 1. The van der Waals surface area contributed by atoms with E-state index in [9.17, 15) is 4.79 Å². The molecule has 1 heterocycles. The van der Waals surface area contributed by atoms with Gasteiger partial charge in [0, 0.05) is 17.3 Å². The van der Waals surface area contributed by atoms with Crippen LogP contribution >= 0.6 is 22.9 Å². The predicted octanol–water partition coefficient (Wildman–Crippen LogP) is 3.67. The lowest BCUT2D eigenvalue weighted by Crippen LogP contribution is -2.52. The number of amides is 1. The fourth-order valence-electron chi connectivity index (χ4n) is 2.45. The van der Waals surface area contributed by atoms with Crippen LogP contribution in [0.2, 0.25) is 0 Å². The molecule has 0 spiro atoms. The molecule has 0 aromatic carbocycles. The third kappa shape index (κ3) is 3.42. The summed E-state index contributed by atoms with van der Waals surface area (Å²) in [6.07, 6.45) is 4.18. The van der Waals surface area contributed by atoms with E-state index in [1.54, 1.807) is 13.2 Å². The molecule has 106 valence electrons. The Hall–Kier alpha value is -0.740. The molecule has 1 fully saturated rings. The highest BCUT2D eigenvalue weighted by Crippen LogP contribution is 2.33. The van der Waals surface area contributed by atoms with Crippen LogP contribution in [0, 0.1) is 5.92 Å². The van der Waals surface area contributed by atoms with Gasteiger partial charge in [0.15, 0.2) is 0 Å². The maximum absolute atomic E-state index is 12.3. The third-order valence-corrected chi connectivity index (χ3v) is 5.32. The molecule has 1 amide bonds. The second kappa shape index (κ2) is 6.14. The first-order chi connectivity index (χ1) is 9.08. The van der Waals surface area contributed by atoms with Crippen LogP contribution in [0.25, 0.3) is 0 Å². The van der Waals surface area contributed by atoms with Crippen LogP contribution in [0.3, 0.4) is 0 Å². The average Bonchev–Trinajstić information content (AvgIpc) is 2.91. The minimum Gasteiger partial charge on any atom is -0.496 e. The van der Waals surface area contributed by atoms with E-state index in [4.69, 9.17) is 16.3 Å². The summed E-state index contributed by atoms with van der Waals surface area (Å²) < 4.78 is 5.10. The number of carbonyl (C=O) groups excluding carboxylic acids is 1. The first kappa shape index (κ1) is 14.7. The summed E-state index contributed by atoms with van der Waals surface area (Å²) >= 11 is 7.51. The van der Waals surface area contributed by atoms with Gasteiger partial charge in [-0.05, 0) is 31.6 Å². The first-order valence-corrected chi connectivity index (χ1v) is 8.01. The highest BCUT2D eigenvalue weighted by Gasteiger charge is 2.35. The van der Waals surface area contributed by atoms with Gasteiger partial charge in [-0.1, -0.05) is 6.92 Å². The van der Waals surface area contributed by atoms with Crippen molar-refractivity contribution in [2.45, 2.75) is 38.1 Å². The Morgan fingerprint density at radius 3 is 2.79 bits per heavy atom. The van der Waals surface area contributed by atoms with E-state index in [0.717, 1.165) is 37.4 Å². The van der Waals surface area contributed by atoms with Gasteiger partial charge in [0.2, 0.25) is 0 Å². The van der Waals surface area contributed by atoms with Gasteiger partial charge in [-0.25, -0.2) is 0 Å². The number of methoxy groups -OCH3 is 1. The Balaban J connectivity index is 2.03. The number of alkyl halides is 1. The third-order valence-electron chi connectivity index (χ3n) is 3.90. The van der Waals surface area contributed by atoms with E-state index < -0.39 is 0 Å².